The number of thioether (sulfide) groups is 1. The van der Waals surface area contributed by atoms with Crippen LogP contribution in [0.4, 0.5) is 4.79 Å². The van der Waals surface area contributed by atoms with Crippen molar-refractivity contribution in [3.8, 4) is 5.75 Å². The minimum atomic E-state index is -0.301. The zero-order chi connectivity index (χ0) is 17.5. The summed E-state index contributed by atoms with van der Waals surface area (Å²) in [6, 6.07) is 7.67. The van der Waals surface area contributed by atoms with Gasteiger partial charge in [0.2, 0.25) is 5.91 Å². The lowest BCUT2D eigenvalue weighted by molar-refractivity contribution is -0.131. The Morgan fingerprint density at radius 1 is 1.12 bits per heavy atom. The smallest absolute Gasteiger partial charge is 0.409 e. The van der Waals surface area contributed by atoms with Gasteiger partial charge in [-0.2, -0.15) is 0 Å². The van der Waals surface area contributed by atoms with E-state index in [1.807, 2.05) is 36.1 Å². The van der Waals surface area contributed by atoms with Crippen molar-refractivity contribution in [2.45, 2.75) is 24.0 Å². The first kappa shape index (κ1) is 18.4. The second-order valence-electron chi connectivity index (χ2n) is 5.45. The van der Waals surface area contributed by atoms with Crippen molar-refractivity contribution < 1.29 is 19.1 Å². The van der Waals surface area contributed by atoms with Gasteiger partial charge in [0, 0.05) is 31.1 Å². The Hall–Kier alpha value is -1.89. The molecule has 6 nitrogen and oxygen atoms in total. The zero-order valence-electron chi connectivity index (χ0n) is 14.4. The van der Waals surface area contributed by atoms with Crippen LogP contribution in [0.2, 0.25) is 0 Å². The molecular formula is C17H24N2O4S. The molecule has 0 radical (unpaired) electrons. The molecule has 2 amide bonds. The fourth-order valence-corrected chi connectivity index (χ4v) is 3.44. The topological polar surface area (TPSA) is 59.1 Å². The van der Waals surface area contributed by atoms with Crippen LogP contribution in [0.15, 0.2) is 29.2 Å². The molecule has 7 heteroatoms. The molecule has 0 unspecified atom stereocenters. The van der Waals surface area contributed by atoms with Gasteiger partial charge in [-0.1, -0.05) is 0 Å². The molecular weight excluding hydrogens is 328 g/mol. The first-order valence-corrected chi connectivity index (χ1v) is 8.94. The summed E-state index contributed by atoms with van der Waals surface area (Å²) in [4.78, 5) is 28.8. The van der Waals surface area contributed by atoms with E-state index in [1.165, 1.54) is 11.8 Å². The van der Waals surface area contributed by atoms with Crippen LogP contribution in [-0.2, 0) is 9.53 Å². The van der Waals surface area contributed by atoms with E-state index in [9.17, 15) is 9.59 Å². The van der Waals surface area contributed by atoms with Crippen LogP contribution < -0.4 is 4.74 Å². The molecule has 0 bridgehead atoms. The van der Waals surface area contributed by atoms with Crippen molar-refractivity contribution >= 4 is 23.8 Å². The summed E-state index contributed by atoms with van der Waals surface area (Å²) < 4.78 is 10.1. The van der Waals surface area contributed by atoms with E-state index >= 15 is 0 Å². The van der Waals surface area contributed by atoms with Gasteiger partial charge in [0.25, 0.3) is 0 Å². The summed E-state index contributed by atoms with van der Waals surface area (Å²) in [5.74, 6) is 0.896. The molecule has 0 N–H and O–H groups in total. The predicted molar refractivity (Wildman–Crippen MR) is 93.5 cm³/mol. The molecule has 1 aromatic rings. The number of carbonyl (C=O) groups is 2. The van der Waals surface area contributed by atoms with Gasteiger partial charge < -0.3 is 19.3 Å². The van der Waals surface area contributed by atoms with Gasteiger partial charge in [0.15, 0.2) is 0 Å². The summed E-state index contributed by atoms with van der Waals surface area (Å²) in [6.45, 7) is 6.20. The highest BCUT2D eigenvalue weighted by Gasteiger charge is 2.27. The fourth-order valence-electron chi connectivity index (χ4n) is 2.49. The molecule has 132 valence electrons. The summed E-state index contributed by atoms with van der Waals surface area (Å²) in [7, 11) is 1.63. The monoisotopic (exact) mass is 352 g/mol. The maximum absolute atomic E-state index is 12.6. The number of piperazine rings is 1. The lowest BCUT2D eigenvalue weighted by Crippen LogP contribution is -2.52. The van der Waals surface area contributed by atoms with Crippen molar-refractivity contribution in [1.29, 1.82) is 0 Å². The molecule has 1 aliphatic rings. The number of amides is 2. The van der Waals surface area contributed by atoms with E-state index < -0.39 is 0 Å². The van der Waals surface area contributed by atoms with Crippen LogP contribution in [0.1, 0.15) is 13.8 Å². The highest BCUT2D eigenvalue weighted by Crippen LogP contribution is 2.26. The highest BCUT2D eigenvalue weighted by molar-refractivity contribution is 8.00. The molecule has 24 heavy (non-hydrogen) atoms. The number of ether oxygens (including phenoxy) is 2. The van der Waals surface area contributed by atoms with Crippen LogP contribution in [0.3, 0.4) is 0 Å². The number of carbonyl (C=O) groups excluding carboxylic acids is 2. The third kappa shape index (κ3) is 4.80. The molecule has 1 fully saturated rings. The molecule has 1 aliphatic heterocycles. The normalized spacial score (nSPS) is 15.8. The number of methoxy groups -OCH3 is 1. The van der Waals surface area contributed by atoms with Crippen molar-refractivity contribution in [2.75, 3.05) is 39.9 Å². The van der Waals surface area contributed by atoms with Gasteiger partial charge >= 0.3 is 6.09 Å². The number of nitrogens with zero attached hydrogens (tertiary/aromatic N) is 2. The van der Waals surface area contributed by atoms with Crippen LogP contribution in [-0.4, -0.2) is 66.9 Å². The summed E-state index contributed by atoms with van der Waals surface area (Å²) in [5, 5.41) is -0.174. The van der Waals surface area contributed by atoms with E-state index in [1.54, 1.807) is 18.9 Å². The van der Waals surface area contributed by atoms with E-state index in [4.69, 9.17) is 9.47 Å². The second-order valence-corrected chi connectivity index (χ2v) is 6.86. The molecule has 0 saturated carbocycles. The lowest BCUT2D eigenvalue weighted by Gasteiger charge is -2.35. The first-order valence-electron chi connectivity index (χ1n) is 8.06. The molecule has 0 spiro atoms. The maximum atomic E-state index is 12.6. The van der Waals surface area contributed by atoms with Gasteiger partial charge in [-0.3, -0.25) is 4.79 Å². The Labute approximate surface area is 147 Å². The first-order chi connectivity index (χ1) is 11.5. The minimum absolute atomic E-state index is 0.0966. The standard InChI is InChI=1S/C17H24N2O4S/c1-4-23-17(21)19-11-9-18(10-12-19)16(20)13(2)24-15-7-5-14(22-3)6-8-15/h5-8,13H,4,9-12H2,1-3H3/t13-/m0/s1. The Bertz CT molecular complexity index is 556. The van der Waals surface area contributed by atoms with E-state index in [0.29, 0.717) is 32.8 Å². The average molecular weight is 352 g/mol. The van der Waals surface area contributed by atoms with Crippen molar-refractivity contribution in [3.63, 3.8) is 0 Å². The third-order valence-corrected chi connectivity index (χ3v) is 4.94. The Balaban J connectivity index is 1.84. The number of hydrogen-bond acceptors (Lipinski definition) is 5. The predicted octanol–water partition coefficient (Wildman–Crippen LogP) is 2.48. The zero-order valence-corrected chi connectivity index (χ0v) is 15.2. The summed E-state index contributed by atoms with van der Waals surface area (Å²) in [6.07, 6.45) is -0.301. The van der Waals surface area contributed by atoms with Crippen molar-refractivity contribution in [2.24, 2.45) is 0 Å². The quantitative estimate of drug-likeness (QED) is 0.762. The molecule has 1 saturated heterocycles. The third-order valence-electron chi connectivity index (χ3n) is 3.84. The second kappa shape index (κ2) is 8.82. The van der Waals surface area contributed by atoms with Gasteiger partial charge in [-0.25, -0.2) is 4.79 Å². The van der Waals surface area contributed by atoms with E-state index in [0.717, 1.165) is 10.6 Å². The molecule has 1 aromatic carbocycles. The lowest BCUT2D eigenvalue weighted by atomic mass is 10.3. The SMILES string of the molecule is CCOC(=O)N1CCN(C(=O)[C@H](C)Sc2ccc(OC)cc2)CC1. The van der Waals surface area contributed by atoms with E-state index in [2.05, 4.69) is 0 Å². The number of hydrogen-bond donors (Lipinski definition) is 0. The van der Waals surface area contributed by atoms with Gasteiger partial charge in [-0.15, -0.1) is 11.8 Å². The summed E-state index contributed by atoms with van der Waals surface area (Å²) >= 11 is 1.53. The largest absolute Gasteiger partial charge is 0.497 e. The molecule has 0 aliphatic carbocycles. The van der Waals surface area contributed by atoms with Crippen molar-refractivity contribution in [1.82, 2.24) is 9.80 Å². The number of rotatable bonds is 5. The van der Waals surface area contributed by atoms with Crippen LogP contribution in [0.5, 0.6) is 5.75 Å². The molecule has 0 aromatic heterocycles. The van der Waals surface area contributed by atoms with Crippen LogP contribution >= 0.6 is 11.8 Å². The van der Waals surface area contributed by atoms with E-state index in [-0.39, 0.29) is 17.3 Å². The van der Waals surface area contributed by atoms with Crippen LogP contribution in [0.25, 0.3) is 0 Å². The molecule has 1 heterocycles. The maximum Gasteiger partial charge on any atom is 0.409 e. The van der Waals surface area contributed by atoms with Crippen LogP contribution in [0, 0.1) is 0 Å². The Morgan fingerprint density at radius 2 is 1.71 bits per heavy atom. The number of benzene rings is 1. The molecule has 2 rings (SSSR count). The molecule has 1 atom stereocenters. The Kier molecular flexibility index (Phi) is 6.78. The van der Waals surface area contributed by atoms with Crippen molar-refractivity contribution in [3.05, 3.63) is 24.3 Å². The fraction of sp³-hybridized carbons (Fsp3) is 0.529. The summed E-state index contributed by atoms with van der Waals surface area (Å²) in [5.41, 5.74) is 0. The van der Waals surface area contributed by atoms with Gasteiger partial charge in [0.1, 0.15) is 5.75 Å². The average Bonchev–Trinajstić information content (AvgIpc) is 2.62. The Morgan fingerprint density at radius 3 is 2.25 bits per heavy atom. The minimum Gasteiger partial charge on any atom is -0.497 e. The highest BCUT2D eigenvalue weighted by atomic mass is 32.2. The van der Waals surface area contributed by atoms with Gasteiger partial charge in [0.05, 0.1) is 19.0 Å². The van der Waals surface area contributed by atoms with Gasteiger partial charge in [-0.05, 0) is 38.1 Å².